The fourth-order valence-corrected chi connectivity index (χ4v) is 2.39. The first-order valence-electron chi connectivity index (χ1n) is 6.83. The SMILES string of the molecule is Cc1ccc(-c2nc(-c3cccc(N)c3C)no2)c(C)c1. The molecule has 0 bridgehead atoms. The molecule has 4 heteroatoms. The van der Waals surface area contributed by atoms with Gasteiger partial charge in [-0.3, -0.25) is 0 Å². The second kappa shape index (κ2) is 5.05. The van der Waals surface area contributed by atoms with Crippen LogP contribution < -0.4 is 5.73 Å². The fraction of sp³-hybridized carbons (Fsp3) is 0.176. The van der Waals surface area contributed by atoms with E-state index < -0.39 is 0 Å². The second-order valence-corrected chi connectivity index (χ2v) is 5.26. The van der Waals surface area contributed by atoms with Crippen LogP contribution in [0.1, 0.15) is 16.7 Å². The Labute approximate surface area is 123 Å². The average molecular weight is 279 g/mol. The van der Waals surface area contributed by atoms with Gasteiger partial charge in [0, 0.05) is 16.8 Å². The molecule has 1 heterocycles. The molecule has 0 saturated heterocycles. The van der Waals surface area contributed by atoms with Gasteiger partial charge in [-0.1, -0.05) is 35.0 Å². The highest BCUT2D eigenvalue weighted by atomic mass is 16.5. The van der Waals surface area contributed by atoms with Crippen molar-refractivity contribution in [3.05, 3.63) is 53.1 Å². The number of nitrogens with zero attached hydrogens (tertiary/aromatic N) is 2. The van der Waals surface area contributed by atoms with Gasteiger partial charge in [-0.15, -0.1) is 0 Å². The van der Waals surface area contributed by atoms with Crippen LogP contribution in [0.25, 0.3) is 22.8 Å². The molecule has 2 N–H and O–H groups in total. The summed E-state index contributed by atoms with van der Waals surface area (Å²) in [5.74, 6) is 1.10. The van der Waals surface area contributed by atoms with Crippen LogP contribution in [0.15, 0.2) is 40.9 Å². The maximum Gasteiger partial charge on any atom is 0.258 e. The maximum atomic E-state index is 5.93. The predicted molar refractivity (Wildman–Crippen MR) is 83.8 cm³/mol. The number of hydrogen-bond acceptors (Lipinski definition) is 4. The van der Waals surface area contributed by atoms with Crippen molar-refractivity contribution in [1.29, 1.82) is 0 Å². The second-order valence-electron chi connectivity index (χ2n) is 5.26. The number of aromatic nitrogens is 2. The quantitative estimate of drug-likeness (QED) is 0.722. The van der Waals surface area contributed by atoms with Crippen LogP contribution >= 0.6 is 0 Å². The molecule has 2 aromatic carbocycles. The molecular weight excluding hydrogens is 262 g/mol. The third kappa shape index (κ3) is 2.40. The van der Waals surface area contributed by atoms with Gasteiger partial charge in [-0.2, -0.15) is 4.98 Å². The minimum atomic E-state index is 0.532. The lowest BCUT2D eigenvalue weighted by Crippen LogP contribution is -1.93. The third-order valence-electron chi connectivity index (χ3n) is 3.65. The van der Waals surface area contributed by atoms with Gasteiger partial charge in [0.15, 0.2) is 0 Å². The van der Waals surface area contributed by atoms with Crippen molar-refractivity contribution >= 4 is 5.69 Å². The van der Waals surface area contributed by atoms with Gasteiger partial charge < -0.3 is 10.3 Å². The van der Waals surface area contributed by atoms with E-state index >= 15 is 0 Å². The summed E-state index contributed by atoms with van der Waals surface area (Å²) < 4.78 is 5.42. The normalized spacial score (nSPS) is 10.8. The highest BCUT2D eigenvalue weighted by molar-refractivity contribution is 5.69. The van der Waals surface area contributed by atoms with Crippen LogP contribution in [-0.4, -0.2) is 10.1 Å². The summed E-state index contributed by atoms with van der Waals surface area (Å²) >= 11 is 0. The number of nitrogen functional groups attached to an aromatic ring is 1. The first kappa shape index (κ1) is 13.4. The Kier molecular flexibility index (Phi) is 3.22. The Morgan fingerprint density at radius 3 is 2.57 bits per heavy atom. The Hall–Kier alpha value is -2.62. The molecule has 21 heavy (non-hydrogen) atoms. The van der Waals surface area contributed by atoms with E-state index in [0.717, 1.165) is 27.9 Å². The van der Waals surface area contributed by atoms with E-state index in [1.165, 1.54) is 5.56 Å². The molecule has 106 valence electrons. The summed E-state index contributed by atoms with van der Waals surface area (Å²) in [6.07, 6.45) is 0. The lowest BCUT2D eigenvalue weighted by atomic mass is 10.1. The molecule has 0 aliphatic rings. The van der Waals surface area contributed by atoms with Gasteiger partial charge in [0.2, 0.25) is 5.82 Å². The molecule has 0 spiro atoms. The third-order valence-corrected chi connectivity index (χ3v) is 3.65. The van der Waals surface area contributed by atoms with Gasteiger partial charge in [-0.05, 0) is 44.0 Å². The summed E-state index contributed by atoms with van der Waals surface area (Å²) in [4.78, 5) is 4.51. The predicted octanol–water partition coefficient (Wildman–Crippen LogP) is 3.91. The van der Waals surface area contributed by atoms with E-state index in [1.54, 1.807) is 0 Å². The topological polar surface area (TPSA) is 64.9 Å². The van der Waals surface area contributed by atoms with Crippen molar-refractivity contribution in [2.45, 2.75) is 20.8 Å². The molecule has 0 aliphatic heterocycles. The number of benzene rings is 2. The molecular formula is C17H17N3O. The zero-order valence-corrected chi connectivity index (χ0v) is 12.3. The zero-order chi connectivity index (χ0) is 15.0. The van der Waals surface area contributed by atoms with Crippen molar-refractivity contribution in [2.75, 3.05) is 5.73 Å². The van der Waals surface area contributed by atoms with Crippen LogP contribution in [0, 0.1) is 20.8 Å². The van der Waals surface area contributed by atoms with E-state index in [4.69, 9.17) is 10.3 Å². The molecule has 0 saturated carbocycles. The number of nitrogens with two attached hydrogens (primary N) is 1. The van der Waals surface area contributed by atoms with E-state index in [2.05, 4.69) is 23.1 Å². The summed E-state index contributed by atoms with van der Waals surface area (Å²) in [7, 11) is 0. The summed E-state index contributed by atoms with van der Waals surface area (Å²) in [5, 5.41) is 4.09. The lowest BCUT2D eigenvalue weighted by molar-refractivity contribution is 0.432. The van der Waals surface area contributed by atoms with Gasteiger partial charge >= 0.3 is 0 Å². The molecule has 1 aromatic heterocycles. The highest BCUT2D eigenvalue weighted by Crippen LogP contribution is 2.28. The summed E-state index contributed by atoms with van der Waals surface area (Å²) in [6.45, 7) is 6.06. The van der Waals surface area contributed by atoms with Crippen molar-refractivity contribution in [2.24, 2.45) is 0 Å². The van der Waals surface area contributed by atoms with E-state index in [0.29, 0.717) is 11.7 Å². The van der Waals surface area contributed by atoms with Crippen LogP contribution in [0.5, 0.6) is 0 Å². The molecule has 3 aromatic rings. The van der Waals surface area contributed by atoms with Crippen molar-refractivity contribution < 1.29 is 4.52 Å². The van der Waals surface area contributed by atoms with Crippen LogP contribution in [0.3, 0.4) is 0 Å². The Bertz CT molecular complexity index is 806. The van der Waals surface area contributed by atoms with Crippen molar-refractivity contribution in [3.63, 3.8) is 0 Å². The molecule has 3 rings (SSSR count). The molecule has 0 aliphatic carbocycles. The number of anilines is 1. The number of aryl methyl sites for hydroxylation is 2. The van der Waals surface area contributed by atoms with E-state index in [-0.39, 0.29) is 0 Å². The lowest BCUT2D eigenvalue weighted by Gasteiger charge is -2.03. The Morgan fingerprint density at radius 2 is 1.81 bits per heavy atom. The van der Waals surface area contributed by atoms with Gasteiger partial charge in [0.25, 0.3) is 5.89 Å². The number of rotatable bonds is 2. The fourth-order valence-electron chi connectivity index (χ4n) is 2.39. The smallest absolute Gasteiger partial charge is 0.258 e. The first-order chi connectivity index (χ1) is 10.1. The largest absolute Gasteiger partial charge is 0.398 e. The molecule has 0 atom stereocenters. The number of hydrogen-bond donors (Lipinski definition) is 1. The zero-order valence-electron chi connectivity index (χ0n) is 12.3. The Morgan fingerprint density at radius 1 is 1.00 bits per heavy atom. The Balaban J connectivity index is 2.06. The van der Waals surface area contributed by atoms with Crippen LogP contribution in [-0.2, 0) is 0 Å². The summed E-state index contributed by atoms with van der Waals surface area (Å²) in [5.41, 5.74) is 11.8. The first-order valence-corrected chi connectivity index (χ1v) is 6.83. The van der Waals surface area contributed by atoms with Crippen LogP contribution in [0.4, 0.5) is 5.69 Å². The van der Waals surface area contributed by atoms with Crippen molar-refractivity contribution in [1.82, 2.24) is 10.1 Å². The van der Waals surface area contributed by atoms with E-state index in [1.807, 2.05) is 44.2 Å². The standard InChI is InChI=1S/C17H17N3O/c1-10-7-8-13(11(2)9-10)17-19-16(20-21-17)14-5-4-6-15(18)12(14)3/h4-9H,18H2,1-3H3. The molecule has 0 amide bonds. The average Bonchev–Trinajstić information content (AvgIpc) is 2.91. The summed E-state index contributed by atoms with van der Waals surface area (Å²) in [6, 6.07) is 11.9. The monoisotopic (exact) mass is 279 g/mol. The molecule has 0 fully saturated rings. The maximum absolute atomic E-state index is 5.93. The van der Waals surface area contributed by atoms with Gasteiger partial charge in [0.1, 0.15) is 0 Å². The van der Waals surface area contributed by atoms with Crippen molar-refractivity contribution in [3.8, 4) is 22.8 Å². The van der Waals surface area contributed by atoms with Gasteiger partial charge in [0.05, 0.1) is 0 Å². The minimum Gasteiger partial charge on any atom is -0.398 e. The molecule has 0 unspecified atom stereocenters. The minimum absolute atomic E-state index is 0.532. The van der Waals surface area contributed by atoms with Crippen LogP contribution in [0.2, 0.25) is 0 Å². The molecule has 0 radical (unpaired) electrons. The molecule has 4 nitrogen and oxygen atoms in total. The van der Waals surface area contributed by atoms with E-state index in [9.17, 15) is 0 Å². The highest BCUT2D eigenvalue weighted by Gasteiger charge is 2.14. The van der Waals surface area contributed by atoms with Gasteiger partial charge in [-0.25, -0.2) is 0 Å².